The molecule has 30 heavy (non-hydrogen) atoms. The van der Waals surface area contributed by atoms with Crippen LogP contribution < -0.4 is 14.8 Å². The van der Waals surface area contributed by atoms with Crippen molar-refractivity contribution in [3.05, 3.63) is 60.2 Å². The van der Waals surface area contributed by atoms with Crippen molar-refractivity contribution in [1.82, 2.24) is 10.2 Å². The van der Waals surface area contributed by atoms with Crippen LogP contribution in [0.1, 0.15) is 39.2 Å². The molecule has 0 aliphatic rings. The molecule has 162 valence electrons. The molecule has 0 aliphatic heterocycles. The first-order valence-electron chi connectivity index (χ1n) is 10.4. The van der Waals surface area contributed by atoms with Crippen molar-refractivity contribution in [3.63, 3.8) is 0 Å². The lowest BCUT2D eigenvalue weighted by atomic mass is 10.1. The van der Waals surface area contributed by atoms with E-state index in [1.54, 1.807) is 24.1 Å². The maximum absolute atomic E-state index is 13.1. The van der Waals surface area contributed by atoms with Crippen LogP contribution in [0.25, 0.3) is 0 Å². The zero-order chi connectivity index (χ0) is 21.9. The average molecular weight is 413 g/mol. The molecule has 2 aromatic carbocycles. The van der Waals surface area contributed by atoms with Crippen LogP contribution in [0, 0.1) is 0 Å². The van der Waals surface area contributed by atoms with Crippen molar-refractivity contribution >= 4 is 11.8 Å². The summed E-state index contributed by atoms with van der Waals surface area (Å²) < 4.78 is 11.0. The molecule has 6 heteroatoms. The first kappa shape index (κ1) is 23.3. The quantitative estimate of drug-likeness (QED) is 0.610. The van der Waals surface area contributed by atoms with E-state index in [0.717, 1.165) is 12.0 Å². The number of benzene rings is 2. The van der Waals surface area contributed by atoms with Gasteiger partial charge in [0.05, 0.1) is 7.11 Å². The van der Waals surface area contributed by atoms with Gasteiger partial charge in [-0.05, 0) is 49.6 Å². The molecule has 0 unspecified atom stereocenters. The van der Waals surface area contributed by atoms with Crippen molar-refractivity contribution in [2.75, 3.05) is 13.7 Å². The van der Waals surface area contributed by atoms with E-state index in [2.05, 4.69) is 5.32 Å². The van der Waals surface area contributed by atoms with Gasteiger partial charge in [-0.15, -0.1) is 0 Å². The standard InChI is InChI=1S/C24H32N2O4/c1-5-18(3)25-24(28)22(6-2)26(16-19-11-10-14-21(15-19)29-4)23(27)17-30-20-12-8-7-9-13-20/h7-15,18,22H,5-6,16-17H2,1-4H3,(H,25,28)/t18-,22+/m1/s1. The van der Waals surface area contributed by atoms with Crippen LogP contribution in [0.4, 0.5) is 0 Å². The second kappa shape index (κ2) is 11.9. The SMILES string of the molecule is CC[C@@H](C)NC(=O)[C@H](CC)N(Cc1cccc(OC)c1)C(=O)COc1ccccc1. The summed E-state index contributed by atoms with van der Waals surface area (Å²) in [7, 11) is 1.60. The number of carbonyl (C=O) groups is 2. The van der Waals surface area contributed by atoms with Crippen molar-refractivity contribution in [1.29, 1.82) is 0 Å². The molecule has 0 heterocycles. The van der Waals surface area contributed by atoms with Crippen molar-refractivity contribution < 1.29 is 19.1 Å². The molecule has 2 rings (SSSR count). The molecule has 0 aromatic heterocycles. The predicted molar refractivity (Wildman–Crippen MR) is 117 cm³/mol. The minimum atomic E-state index is -0.586. The van der Waals surface area contributed by atoms with Gasteiger partial charge in [0.15, 0.2) is 6.61 Å². The molecule has 6 nitrogen and oxygen atoms in total. The fourth-order valence-corrected chi connectivity index (χ4v) is 3.07. The Morgan fingerprint density at radius 2 is 1.70 bits per heavy atom. The molecule has 2 aromatic rings. The molecule has 2 atom stereocenters. The van der Waals surface area contributed by atoms with Gasteiger partial charge < -0.3 is 19.7 Å². The molecular weight excluding hydrogens is 380 g/mol. The monoisotopic (exact) mass is 412 g/mol. The van der Waals surface area contributed by atoms with Crippen molar-refractivity contribution in [2.24, 2.45) is 0 Å². The highest BCUT2D eigenvalue weighted by molar-refractivity contribution is 5.88. The number of rotatable bonds is 11. The van der Waals surface area contributed by atoms with Gasteiger partial charge in [-0.25, -0.2) is 0 Å². The molecule has 0 radical (unpaired) electrons. The van der Waals surface area contributed by atoms with Gasteiger partial charge in [0, 0.05) is 12.6 Å². The van der Waals surface area contributed by atoms with E-state index in [0.29, 0.717) is 24.5 Å². The summed E-state index contributed by atoms with van der Waals surface area (Å²) in [5.41, 5.74) is 0.886. The molecule has 2 amide bonds. The summed E-state index contributed by atoms with van der Waals surface area (Å²) in [4.78, 5) is 27.6. The van der Waals surface area contributed by atoms with E-state index in [1.807, 2.05) is 63.2 Å². The molecular formula is C24H32N2O4. The van der Waals surface area contributed by atoms with Crippen molar-refractivity contribution in [2.45, 2.75) is 52.2 Å². The van der Waals surface area contributed by atoms with E-state index in [-0.39, 0.29) is 24.5 Å². The van der Waals surface area contributed by atoms with Gasteiger partial charge in [-0.1, -0.05) is 44.2 Å². The van der Waals surface area contributed by atoms with Gasteiger partial charge in [0.25, 0.3) is 5.91 Å². The van der Waals surface area contributed by atoms with Gasteiger partial charge in [0.1, 0.15) is 17.5 Å². The number of carbonyl (C=O) groups excluding carboxylic acids is 2. The zero-order valence-corrected chi connectivity index (χ0v) is 18.3. The summed E-state index contributed by atoms with van der Waals surface area (Å²) in [6.45, 7) is 6.03. The highest BCUT2D eigenvalue weighted by atomic mass is 16.5. The number of amides is 2. The molecule has 0 saturated heterocycles. The number of methoxy groups -OCH3 is 1. The van der Waals surface area contributed by atoms with Gasteiger partial charge >= 0.3 is 0 Å². The first-order valence-corrected chi connectivity index (χ1v) is 10.4. The van der Waals surface area contributed by atoms with Gasteiger partial charge in [-0.2, -0.15) is 0 Å². The fraction of sp³-hybridized carbons (Fsp3) is 0.417. The maximum Gasteiger partial charge on any atom is 0.261 e. The summed E-state index contributed by atoms with van der Waals surface area (Å²) in [6.07, 6.45) is 1.33. The fourth-order valence-electron chi connectivity index (χ4n) is 3.07. The second-order valence-corrected chi connectivity index (χ2v) is 7.22. The Kier molecular flexibility index (Phi) is 9.19. The van der Waals surface area contributed by atoms with E-state index in [1.165, 1.54) is 0 Å². The van der Waals surface area contributed by atoms with E-state index < -0.39 is 6.04 Å². The lowest BCUT2D eigenvalue weighted by Crippen LogP contribution is -2.51. The third kappa shape index (κ3) is 6.79. The Labute approximate surface area is 179 Å². The normalized spacial score (nSPS) is 12.5. The van der Waals surface area contributed by atoms with Crippen LogP contribution in [0.2, 0.25) is 0 Å². The lowest BCUT2D eigenvalue weighted by Gasteiger charge is -2.31. The third-order valence-corrected chi connectivity index (χ3v) is 4.98. The Balaban J connectivity index is 2.22. The average Bonchev–Trinajstić information content (AvgIpc) is 2.78. The minimum Gasteiger partial charge on any atom is -0.497 e. The molecule has 0 fully saturated rings. The molecule has 0 aliphatic carbocycles. The molecule has 0 saturated carbocycles. The number of nitrogens with zero attached hydrogens (tertiary/aromatic N) is 1. The van der Waals surface area contributed by atoms with Crippen LogP contribution >= 0.6 is 0 Å². The summed E-state index contributed by atoms with van der Waals surface area (Å²) in [6, 6.07) is 16.1. The Morgan fingerprint density at radius 1 is 1.00 bits per heavy atom. The van der Waals surface area contributed by atoms with Crippen molar-refractivity contribution in [3.8, 4) is 11.5 Å². The highest BCUT2D eigenvalue weighted by Crippen LogP contribution is 2.18. The number of hydrogen-bond donors (Lipinski definition) is 1. The molecule has 1 N–H and O–H groups in total. The predicted octanol–water partition coefficient (Wildman–Crippen LogP) is 3.80. The second-order valence-electron chi connectivity index (χ2n) is 7.22. The largest absolute Gasteiger partial charge is 0.497 e. The number of para-hydroxylation sites is 1. The minimum absolute atomic E-state index is 0.0425. The summed E-state index contributed by atoms with van der Waals surface area (Å²) >= 11 is 0. The van der Waals surface area contributed by atoms with Crippen LogP contribution in [0.3, 0.4) is 0 Å². The maximum atomic E-state index is 13.1. The van der Waals surface area contributed by atoms with Crippen LogP contribution in [0.15, 0.2) is 54.6 Å². The Bertz CT molecular complexity index is 810. The summed E-state index contributed by atoms with van der Waals surface area (Å²) in [5.74, 6) is 0.928. The smallest absolute Gasteiger partial charge is 0.261 e. The Morgan fingerprint density at radius 3 is 2.33 bits per heavy atom. The zero-order valence-electron chi connectivity index (χ0n) is 18.3. The van der Waals surface area contributed by atoms with Gasteiger partial charge in [-0.3, -0.25) is 9.59 Å². The van der Waals surface area contributed by atoms with Crippen LogP contribution in [0.5, 0.6) is 11.5 Å². The first-order chi connectivity index (χ1) is 14.5. The molecule has 0 bridgehead atoms. The topological polar surface area (TPSA) is 67.9 Å². The lowest BCUT2D eigenvalue weighted by molar-refractivity contribution is -0.143. The highest BCUT2D eigenvalue weighted by Gasteiger charge is 2.29. The van der Waals surface area contributed by atoms with E-state index in [4.69, 9.17) is 9.47 Å². The number of hydrogen-bond acceptors (Lipinski definition) is 4. The summed E-state index contributed by atoms with van der Waals surface area (Å²) in [5, 5.41) is 3.00. The van der Waals surface area contributed by atoms with Gasteiger partial charge in [0.2, 0.25) is 5.91 Å². The number of ether oxygens (including phenoxy) is 2. The third-order valence-electron chi connectivity index (χ3n) is 4.98. The number of nitrogens with one attached hydrogen (secondary N) is 1. The van der Waals surface area contributed by atoms with E-state index in [9.17, 15) is 9.59 Å². The Hall–Kier alpha value is -3.02. The molecule has 0 spiro atoms. The van der Waals surface area contributed by atoms with Crippen LogP contribution in [-0.4, -0.2) is 42.5 Å². The van der Waals surface area contributed by atoms with E-state index >= 15 is 0 Å². The van der Waals surface area contributed by atoms with Crippen LogP contribution in [-0.2, 0) is 16.1 Å².